The van der Waals surface area contributed by atoms with Crippen molar-refractivity contribution < 1.29 is 9.52 Å². The number of aromatic hydroxyl groups is 1. The van der Waals surface area contributed by atoms with E-state index in [1.807, 2.05) is 37.3 Å². The average Bonchev–Trinajstić information content (AvgIpc) is 2.95. The van der Waals surface area contributed by atoms with Crippen LogP contribution in [0.5, 0.6) is 5.75 Å². The third-order valence-electron chi connectivity index (χ3n) is 4.06. The highest BCUT2D eigenvalue weighted by atomic mass is 127. The van der Waals surface area contributed by atoms with Crippen LogP contribution in [0.3, 0.4) is 0 Å². The minimum Gasteiger partial charge on any atom is -0.508 e. The van der Waals surface area contributed by atoms with Gasteiger partial charge in [-0.15, -0.1) is 24.0 Å². The van der Waals surface area contributed by atoms with E-state index in [1.165, 1.54) is 0 Å². The number of nitrogens with zero attached hydrogens (tertiary/aromatic N) is 1. The first kappa shape index (κ1) is 20.1. The van der Waals surface area contributed by atoms with Gasteiger partial charge in [-0.05, 0) is 37.6 Å². The average molecular weight is 465 g/mol. The molecule has 0 aliphatic heterocycles. The van der Waals surface area contributed by atoms with E-state index < -0.39 is 0 Å². The second-order valence-electron chi connectivity index (χ2n) is 5.86. The molecule has 0 aliphatic rings. The van der Waals surface area contributed by atoms with Crippen LogP contribution in [-0.4, -0.2) is 17.6 Å². The lowest BCUT2D eigenvalue weighted by atomic mass is 10.1. The van der Waals surface area contributed by atoms with Gasteiger partial charge < -0.3 is 20.2 Å². The molecule has 0 unspecified atom stereocenters. The van der Waals surface area contributed by atoms with Gasteiger partial charge in [-0.2, -0.15) is 0 Å². The fourth-order valence-corrected chi connectivity index (χ4v) is 2.67. The van der Waals surface area contributed by atoms with E-state index in [4.69, 9.17) is 4.42 Å². The Morgan fingerprint density at radius 3 is 2.50 bits per heavy atom. The molecule has 0 aliphatic carbocycles. The lowest BCUT2D eigenvalue weighted by Gasteiger charge is -2.10. The van der Waals surface area contributed by atoms with Crippen LogP contribution >= 0.6 is 24.0 Å². The van der Waals surface area contributed by atoms with Crippen LogP contribution in [-0.2, 0) is 13.1 Å². The Balaban J connectivity index is 0.00000243. The van der Waals surface area contributed by atoms with Gasteiger partial charge in [0.25, 0.3) is 0 Å². The van der Waals surface area contributed by atoms with Gasteiger partial charge in [0.2, 0.25) is 0 Å². The van der Waals surface area contributed by atoms with E-state index in [1.54, 1.807) is 12.1 Å². The van der Waals surface area contributed by atoms with E-state index in [-0.39, 0.29) is 29.7 Å². The maximum atomic E-state index is 9.34. The topological polar surface area (TPSA) is 69.8 Å². The van der Waals surface area contributed by atoms with Crippen molar-refractivity contribution in [3.05, 3.63) is 65.4 Å². The minimum atomic E-state index is 0. The number of phenolic OH excluding ortho intramolecular Hbond substituents is 1. The number of guanidine groups is 1. The van der Waals surface area contributed by atoms with E-state index in [9.17, 15) is 5.11 Å². The van der Waals surface area contributed by atoms with Gasteiger partial charge in [0.1, 0.15) is 17.1 Å². The molecule has 0 amide bonds. The Labute approximate surface area is 170 Å². The molecule has 0 saturated heterocycles. The quantitative estimate of drug-likeness (QED) is 0.298. The molecule has 26 heavy (non-hydrogen) atoms. The number of aliphatic imine (C=N–C) groups is 1. The van der Waals surface area contributed by atoms with Gasteiger partial charge >= 0.3 is 0 Å². The highest BCUT2D eigenvalue weighted by Gasteiger charge is 2.10. The summed E-state index contributed by atoms with van der Waals surface area (Å²) in [6.07, 6.45) is 0. The molecule has 6 heteroatoms. The third kappa shape index (κ3) is 4.91. The van der Waals surface area contributed by atoms with Crippen LogP contribution in [0, 0.1) is 6.92 Å². The van der Waals surface area contributed by atoms with Crippen LogP contribution < -0.4 is 10.6 Å². The van der Waals surface area contributed by atoms with Gasteiger partial charge in [0, 0.05) is 17.5 Å². The Hall–Kier alpha value is -2.22. The third-order valence-corrected chi connectivity index (χ3v) is 4.06. The summed E-state index contributed by atoms with van der Waals surface area (Å²) < 4.78 is 5.93. The normalized spacial score (nSPS) is 11.2. The Kier molecular flexibility index (Phi) is 7.32. The molecule has 0 bridgehead atoms. The fourth-order valence-electron chi connectivity index (χ4n) is 2.67. The van der Waals surface area contributed by atoms with Crippen LogP contribution in [0.4, 0.5) is 0 Å². The maximum absolute atomic E-state index is 9.34. The summed E-state index contributed by atoms with van der Waals surface area (Å²) >= 11 is 0. The van der Waals surface area contributed by atoms with Gasteiger partial charge in [-0.25, -0.2) is 4.99 Å². The monoisotopic (exact) mass is 465 g/mol. The number of aryl methyl sites for hydroxylation is 1. The number of furan rings is 1. The van der Waals surface area contributed by atoms with Crippen molar-refractivity contribution in [3.8, 4) is 5.75 Å². The Morgan fingerprint density at radius 2 is 1.81 bits per heavy atom. The number of benzene rings is 2. The van der Waals surface area contributed by atoms with Crippen molar-refractivity contribution >= 4 is 40.9 Å². The number of para-hydroxylation sites is 1. The summed E-state index contributed by atoms with van der Waals surface area (Å²) in [5.74, 6) is 1.91. The van der Waals surface area contributed by atoms with Crippen molar-refractivity contribution in [2.75, 3.05) is 6.54 Å². The smallest absolute Gasteiger partial charge is 0.191 e. The second-order valence-corrected chi connectivity index (χ2v) is 5.86. The van der Waals surface area contributed by atoms with Gasteiger partial charge in [0.05, 0.1) is 13.1 Å². The van der Waals surface area contributed by atoms with Crippen molar-refractivity contribution in [3.63, 3.8) is 0 Å². The highest BCUT2D eigenvalue weighted by molar-refractivity contribution is 14.0. The molecule has 3 rings (SSSR count). The second kappa shape index (κ2) is 9.47. The standard InChI is InChI=1S/C20H23N3O2.HI/c1-3-21-20(22-12-15-8-10-16(24)11-9-15)23-13-19-14(2)17-6-4-5-7-18(17)25-19;/h4-11,24H,3,12-13H2,1-2H3,(H2,21,22,23);1H. The van der Waals surface area contributed by atoms with E-state index >= 15 is 0 Å². The van der Waals surface area contributed by atoms with E-state index in [0.29, 0.717) is 13.1 Å². The van der Waals surface area contributed by atoms with E-state index in [2.05, 4.69) is 28.6 Å². The number of fused-ring (bicyclic) bond motifs is 1. The number of rotatable bonds is 5. The summed E-state index contributed by atoms with van der Waals surface area (Å²) in [5.41, 5.74) is 3.09. The molecule has 0 atom stereocenters. The Bertz CT molecular complexity index is 872. The molecule has 0 radical (unpaired) electrons. The summed E-state index contributed by atoms with van der Waals surface area (Å²) in [5, 5.41) is 17.0. The van der Waals surface area contributed by atoms with Crippen molar-refractivity contribution in [1.29, 1.82) is 0 Å². The first-order valence-corrected chi connectivity index (χ1v) is 8.44. The zero-order chi connectivity index (χ0) is 17.6. The largest absolute Gasteiger partial charge is 0.508 e. The first-order valence-electron chi connectivity index (χ1n) is 8.44. The predicted octanol–water partition coefficient (Wildman–Crippen LogP) is 4.32. The fraction of sp³-hybridized carbons (Fsp3) is 0.250. The molecule has 3 N–H and O–H groups in total. The zero-order valence-electron chi connectivity index (χ0n) is 15.0. The van der Waals surface area contributed by atoms with Crippen LogP contribution in [0.15, 0.2) is 57.9 Å². The molecule has 1 heterocycles. The number of hydrogen-bond donors (Lipinski definition) is 3. The molecular formula is C20H24IN3O2. The number of phenols is 1. The van der Waals surface area contributed by atoms with Crippen molar-refractivity contribution in [2.45, 2.75) is 26.9 Å². The zero-order valence-corrected chi connectivity index (χ0v) is 17.3. The number of nitrogens with one attached hydrogen (secondary N) is 2. The molecule has 2 aromatic carbocycles. The maximum Gasteiger partial charge on any atom is 0.191 e. The molecule has 138 valence electrons. The van der Waals surface area contributed by atoms with Crippen LogP contribution in [0.25, 0.3) is 11.0 Å². The van der Waals surface area contributed by atoms with Gasteiger partial charge in [0.15, 0.2) is 5.96 Å². The minimum absolute atomic E-state index is 0. The molecule has 0 fully saturated rings. The highest BCUT2D eigenvalue weighted by Crippen LogP contribution is 2.24. The molecule has 3 aromatic rings. The molecule has 0 spiro atoms. The van der Waals surface area contributed by atoms with Crippen molar-refractivity contribution in [1.82, 2.24) is 10.6 Å². The molecule has 0 saturated carbocycles. The molecule has 5 nitrogen and oxygen atoms in total. The van der Waals surface area contributed by atoms with Crippen LogP contribution in [0.1, 0.15) is 23.8 Å². The number of hydrogen-bond acceptors (Lipinski definition) is 3. The van der Waals surface area contributed by atoms with Gasteiger partial charge in [-0.3, -0.25) is 0 Å². The lowest BCUT2D eigenvalue weighted by molar-refractivity contribution is 0.475. The molecule has 1 aromatic heterocycles. The van der Waals surface area contributed by atoms with Crippen molar-refractivity contribution in [2.24, 2.45) is 4.99 Å². The first-order chi connectivity index (χ1) is 12.2. The lowest BCUT2D eigenvalue weighted by Crippen LogP contribution is -2.36. The van der Waals surface area contributed by atoms with Gasteiger partial charge in [-0.1, -0.05) is 30.3 Å². The predicted molar refractivity (Wildman–Crippen MR) is 116 cm³/mol. The summed E-state index contributed by atoms with van der Waals surface area (Å²) in [7, 11) is 0. The summed E-state index contributed by atoms with van der Waals surface area (Å²) in [6, 6.07) is 15.1. The van der Waals surface area contributed by atoms with Crippen LogP contribution in [0.2, 0.25) is 0 Å². The summed E-state index contributed by atoms with van der Waals surface area (Å²) in [6.45, 7) is 5.99. The van der Waals surface area contributed by atoms with E-state index in [0.717, 1.165) is 40.4 Å². The summed E-state index contributed by atoms with van der Waals surface area (Å²) in [4.78, 5) is 4.58. The number of halogens is 1. The SMILES string of the molecule is CCNC(=NCc1ccc(O)cc1)NCc1oc2ccccc2c1C.I. The molecular weight excluding hydrogens is 441 g/mol. The Morgan fingerprint density at radius 1 is 1.08 bits per heavy atom.